The lowest BCUT2D eigenvalue weighted by atomic mass is 10.3. The maximum atomic E-state index is 12.6. The zero-order chi connectivity index (χ0) is 17.6. The zero-order valence-electron chi connectivity index (χ0n) is 14.6. The van der Waals surface area contributed by atoms with E-state index < -0.39 is 0 Å². The number of rotatable bonds is 6. The molecule has 1 aliphatic rings. The van der Waals surface area contributed by atoms with Gasteiger partial charge in [0.15, 0.2) is 4.34 Å². The molecule has 1 saturated heterocycles. The number of carbonyl (C=O) groups excluding carboxylic acids is 1. The number of likely N-dealkylation sites (N-methyl/N-ethyl adjacent to an activating group) is 1. The lowest BCUT2D eigenvalue weighted by Crippen LogP contribution is -3.14. The molecule has 0 saturated carbocycles. The largest absolute Gasteiger partial charge is 0.332 e. The Balaban J connectivity index is 1.53. The molecule has 0 spiro atoms. The van der Waals surface area contributed by atoms with E-state index in [4.69, 9.17) is 0 Å². The van der Waals surface area contributed by atoms with Crippen molar-refractivity contribution < 1.29 is 9.69 Å². The number of hydrogen-bond donors (Lipinski definition) is 2. The second kappa shape index (κ2) is 8.64. The SMILES string of the molecule is CC[NH+]1CCN(C(=O)[C@@H](C)Sc2nnc(Nc3ccccc3)s2)CC1. The van der Waals surface area contributed by atoms with Crippen LogP contribution in [0.15, 0.2) is 34.7 Å². The highest BCUT2D eigenvalue weighted by Gasteiger charge is 2.27. The summed E-state index contributed by atoms with van der Waals surface area (Å²) in [5, 5.41) is 12.2. The Labute approximate surface area is 156 Å². The van der Waals surface area contributed by atoms with Crippen LogP contribution in [0, 0.1) is 0 Å². The van der Waals surface area contributed by atoms with E-state index in [1.807, 2.05) is 42.2 Å². The van der Waals surface area contributed by atoms with Gasteiger partial charge in [-0.2, -0.15) is 0 Å². The third kappa shape index (κ3) is 4.93. The molecule has 2 aromatic rings. The van der Waals surface area contributed by atoms with Crippen LogP contribution in [-0.2, 0) is 4.79 Å². The van der Waals surface area contributed by atoms with Gasteiger partial charge in [-0.1, -0.05) is 41.3 Å². The van der Waals surface area contributed by atoms with Gasteiger partial charge in [0, 0.05) is 5.69 Å². The van der Waals surface area contributed by atoms with Gasteiger partial charge >= 0.3 is 0 Å². The number of amides is 1. The molecule has 1 amide bonds. The molecule has 1 aromatic heterocycles. The highest BCUT2D eigenvalue weighted by Crippen LogP contribution is 2.31. The van der Waals surface area contributed by atoms with Crippen LogP contribution >= 0.6 is 23.1 Å². The second-order valence-corrected chi connectivity index (χ2v) is 8.62. The van der Waals surface area contributed by atoms with Gasteiger partial charge in [-0.3, -0.25) is 4.79 Å². The van der Waals surface area contributed by atoms with E-state index in [9.17, 15) is 4.79 Å². The molecule has 1 aliphatic heterocycles. The monoisotopic (exact) mass is 378 g/mol. The first kappa shape index (κ1) is 18.2. The topological polar surface area (TPSA) is 62.6 Å². The third-order valence-corrected chi connectivity index (χ3v) is 6.35. The molecule has 0 aliphatic carbocycles. The summed E-state index contributed by atoms with van der Waals surface area (Å²) >= 11 is 2.97. The Morgan fingerprint density at radius 2 is 2.04 bits per heavy atom. The van der Waals surface area contributed by atoms with Gasteiger partial charge in [0.1, 0.15) is 0 Å². The molecule has 134 valence electrons. The molecule has 3 rings (SSSR count). The number of para-hydroxylation sites is 1. The highest BCUT2D eigenvalue weighted by molar-refractivity contribution is 8.02. The van der Waals surface area contributed by atoms with Gasteiger partial charge in [0.2, 0.25) is 11.0 Å². The van der Waals surface area contributed by atoms with Gasteiger partial charge in [-0.25, -0.2) is 0 Å². The number of hydrogen-bond acceptors (Lipinski definition) is 6. The number of anilines is 2. The Bertz CT molecular complexity index is 685. The lowest BCUT2D eigenvalue weighted by molar-refractivity contribution is -0.902. The van der Waals surface area contributed by atoms with Crippen LogP contribution in [0.5, 0.6) is 0 Å². The van der Waals surface area contributed by atoms with Gasteiger partial charge in [-0.05, 0) is 26.0 Å². The van der Waals surface area contributed by atoms with Crippen LogP contribution in [0.4, 0.5) is 10.8 Å². The number of nitrogens with zero attached hydrogens (tertiary/aromatic N) is 3. The summed E-state index contributed by atoms with van der Waals surface area (Å²) in [5.41, 5.74) is 0.982. The van der Waals surface area contributed by atoms with E-state index in [1.54, 1.807) is 4.90 Å². The molecule has 2 N–H and O–H groups in total. The third-order valence-electron chi connectivity index (χ3n) is 4.34. The van der Waals surface area contributed by atoms with Crippen LogP contribution in [0.1, 0.15) is 13.8 Å². The first-order valence-corrected chi connectivity index (χ1v) is 10.3. The summed E-state index contributed by atoms with van der Waals surface area (Å²) in [5.74, 6) is 0.202. The number of nitrogens with one attached hydrogen (secondary N) is 2. The van der Waals surface area contributed by atoms with Gasteiger partial charge in [0.25, 0.3) is 0 Å². The Kier molecular flexibility index (Phi) is 6.28. The maximum absolute atomic E-state index is 12.6. The minimum atomic E-state index is -0.138. The number of piperazine rings is 1. The Hall–Kier alpha value is -1.64. The van der Waals surface area contributed by atoms with Crippen molar-refractivity contribution in [2.45, 2.75) is 23.4 Å². The minimum absolute atomic E-state index is 0.138. The predicted molar refractivity (Wildman–Crippen MR) is 103 cm³/mol. The van der Waals surface area contributed by atoms with E-state index in [2.05, 4.69) is 22.4 Å². The lowest BCUT2D eigenvalue weighted by Gasteiger charge is -2.32. The minimum Gasteiger partial charge on any atom is -0.332 e. The fourth-order valence-corrected chi connectivity index (χ4v) is 4.81. The van der Waals surface area contributed by atoms with Crippen LogP contribution in [0.2, 0.25) is 0 Å². The number of thioether (sulfide) groups is 1. The summed E-state index contributed by atoms with van der Waals surface area (Å²) in [6, 6.07) is 9.89. The first-order chi connectivity index (χ1) is 12.2. The fraction of sp³-hybridized carbons (Fsp3) is 0.471. The Morgan fingerprint density at radius 3 is 2.72 bits per heavy atom. The first-order valence-electron chi connectivity index (χ1n) is 8.60. The number of benzene rings is 1. The molecule has 0 unspecified atom stereocenters. The van der Waals surface area contributed by atoms with E-state index >= 15 is 0 Å². The van der Waals surface area contributed by atoms with Crippen molar-refractivity contribution in [2.75, 3.05) is 38.0 Å². The van der Waals surface area contributed by atoms with E-state index in [0.717, 1.165) is 47.9 Å². The summed E-state index contributed by atoms with van der Waals surface area (Å²) in [6.07, 6.45) is 0. The molecule has 2 heterocycles. The molecule has 0 radical (unpaired) electrons. The van der Waals surface area contributed by atoms with Crippen LogP contribution in [-0.4, -0.2) is 59.0 Å². The quantitative estimate of drug-likeness (QED) is 0.746. The molecule has 8 heteroatoms. The summed E-state index contributed by atoms with van der Waals surface area (Å²) in [4.78, 5) is 16.2. The predicted octanol–water partition coefficient (Wildman–Crippen LogP) is 1.51. The normalized spacial score (nSPS) is 16.6. The van der Waals surface area contributed by atoms with Crippen LogP contribution < -0.4 is 10.2 Å². The second-order valence-electron chi connectivity index (χ2n) is 6.05. The van der Waals surface area contributed by atoms with Crippen LogP contribution in [0.3, 0.4) is 0 Å². The molecular formula is C17H24N5OS2+. The summed E-state index contributed by atoms with van der Waals surface area (Å²) in [6.45, 7) is 9.08. The van der Waals surface area contributed by atoms with Crippen molar-refractivity contribution in [1.82, 2.24) is 15.1 Å². The van der Waals surface area contributed by atoms with Crippen molar-refractivity contribution in [3.05, 3.63) is 30.3 Å². The van der Waals surface area contributed by atoms with Gasteiger partial charge in [-0.15, -0.1) is 10.2 Å². The maximum Gasteiger partial charge on any atom is 0.236 e. The highest BCUT2D eigenvalue weighted by atomic mass is 32.2. The molecule has 6 nitrogen and oxygen atoms in total. The zero-order valence-corrected chi connectivity index (χ0v) is 16.2. The Morgan fingerprint density at radius 1 is 1.32 bits per heavy atom. The number of carbonyl (C=O) groups is 1. The molecule has 1 aromatic carbocycles. The van der Waals surface area contributed by atoms with Gasteiger partial charge in [0.05, 0.1) is 38.0 Å². The fourth-order valence-electron chi connectivity index (χ4n) is 2.81. The van der Waals surface area contributed by atoms with Crippen molar-refractivity contribution in [2.24, 2.45) is 0 Å². The average Bonchev–Trinajstić information content (AvgIpc) is 3.08. The van der Waals surface area contributed by atoms with Crippen molar-refractivity contribution in [3.8, 4) is 0 Å². The molecular weight excluding hydrogens is 354 g/mol. The standard InChI is InChI=1S/C17H23N5OS2/c1-3-21-9-11-22(12-10-21)15(23)13(2)24-17-20-19-16(25-17)18-14-7-5-4-6-8-14/h4-8,13H,3,9-12H2,1-2H3,(H,18,19)/p+1/t13-/m1/s1. The van der Waals surface area contributed by atoms with Gasteiger partial charge < -0.3 is 15.1 Å². The van der Waals surface area contributed by atoms with Crippen molar-refractivity contribution >= 4 is 39.8 Å². The van der Waals surface area contributed by atoms with Crippen molar-refractivity contribution in [1.29, 1.82) is 0 Å². The van der Waals surface area contributed by atoms with E-state index in [1.165, 1.54) is 23.1 Å². The summed E-state index contributed by atoms with van der Waals surface area (Å²) in [7, 11) is 0. The van der Waals surface area contributed by atoms with Crippen LogP contribution in [0.25, 0.3) is 0 Å². The summed E-state index contributed by atoms with van der Waals surface area (Å²) < 4.78 is 0.817. The van der Waals surface area contributed by atoms with E-state index in [0.29, 0.717) is 0 Å². The number of quaternary nitrogens is 1. The molecule has 1 fully saturated rings. The molecule has 0 bridgehead atoms. The van der Waals surface area contributed by atoms with E-state index in [-0.39, 0.29) is 11.2 Å². The van der Waals surface area contributed by atoms with Crippen molar-refractivity contribution in [3.63, 3.8) is 0 Å². The molecule has 25 heavy (non-hydrogen) atoms. The smallest absolute Gasteiger partial charge is 0.236 e. The molecule has 1 atom stereocenters. The number of aromatic nitrogens is 2. The average molecular weight is 379 g/mol.